The average Bonchev–Trinajstić information content (AvgIpc) is 2.69. The Morgan fingerprint density at radius 1 is 1.00 bits per heavy atom. The van der Waals surface area contributed by atoms with Crippen LogP contribution in [0.5, 0.6) is 5.75 Å². The zero-order chi connectivity index (χ0) is 21.6. The predicted molar refractivity (Wildman–Crippen MR) is 106 cm³/mol. The molecule has 1 saturated heterocycles. The van der Waals surface area contributed by atoms with Gasteiger partial charge >= 0.3 is 6.36 Å². The van der Waals surface area contributed by atoms with Gasteiger partial charge in [0, 0.05) is 17.9 Å². The summed E-state index contributed by atoms with van der Waals surface area (Å²) in [5.41, 5.74) is 1.10. The maximum Gasteiger partial charge on any atom is 0.573 e. The molecule has 2 aromatic carbocycles. The molecule has 0 bridgehead atoms. The monoisotopic (exact) mass is 421 g/mol. The van der Waals surface area contributed by atoms with Crippen LogP contribution in [0, 0.1) is 5.92 Å². The van der Waals surface area contributed by atoms with Gasteiger partial charge in [-0.25, -0.2) is 0 Å². The lowest BCUT2D eigenvalue weighted by molar-refractivity contribution is -0.274. The third-order valence-corrected chi connectivity index (χ3v) is 4.66. The summed E-state index contributed by atoms with van der Waals surface area (Å²) in [7, 11) is 0. The second-order valence-corrected chi connectivity index (χ2v) is 7.05. The van der Waals surface area contributed by atoms with Crippen molar-refractivity contribution >= 4 is 23.2 Å². The number of ether oxygens (including phenoxy) is 1. The van der Waals surface area contributed by atoms with Gasteiger partial charge in [-0.05, 0) is 55.8 Å². The number of carbonyl (C=O) groups excluding carboxylic acids is 2. The van der Waals surface area contributed by atoms with Crippen molar-refractivity contribution in [2.24, 2.45) is 5.92 Å². The molecule has 30 heavy (non-hydrogen) atoms. The summed E-state index contributed by atoms with van der Waals surface area (Å²) in [5.74, 6) is -0.954. The summed E-state index contributed by atoms with van der Waals surface area (Å²) in [5, 5.41) is 5.53. The van der Waals surface area contributed by atoms with Crippen molar-refractivity contribution in [2.45, 2.75) is 19.2 Å². The highest BCUT2D eigenvalue weighted by Gasteiger charge is 2.31. The highest BCUT2D eigenvalue weighted by atomic mass is 19.4. The van der Waals surface area contributed by atoms with Crippen molar-refractivity contribution in [3.8, 4) is 5.75 Å². The zero-order valence-electron chi connectivity index (χ0n) is 16.1. The first-order valence-corrected chi connectivity index (χ1v) is 9.52. The minimum atomic E-state index is -4.76. The van der Waals surface area contributed by atoms with E-state index in [-0.39, 0.29) is 30.0 Å². The molecule has 0 radical (unpaired) electrons. The van der Waals surface area contributed by atoms with Crippen LogP contribution in [0.25, 0.3) is 0 Å². The van der Waals surface area contributed by atoms with Crippen LogP contribution in [0.2, 0.25) is 0 Å². The molecule has 3 rings (SSSR count). The Hall–Kier alpha value is -3.07. The first kappa shape index (κ1) is 21.6. The summed E-state index contributed by atoms with van der Waals surface area (Å²) in [6.45, 7) is 1.25. The van der Waals surface area contributed by atoms with Gasteiger partial charge in [-0.3, -0.25) is 14.5 Å². The Morgan fingerprint density at radius 3 is 2.33 bits per heavy atom. The van der Waals surface area contributed by atoms with E-state index in [9.17, 15) is 22.8 Å². The lowest BCUT2D eigenvalue weighted by Crippen LogP contribution is -2.43. The third kappa shape index (κ3) is 6.77. The standard InChI is InChI=1S/C21H22F3N3O3/c22-21(23,24)30-18-10-8-17(9-11-18)25-19(28)14-27-12-4-5-15(13-27)20(29)26-16-6-2-1-3-7-16/h1-3,6-11,15H,4-5,12-14H2,(H,25,28)(H,26,29). The Bertz CT molecular complexity index is 857. The fourth-order valence-electron chi connectivity index (χ4n) is 3.32. The van der Waals surface area contributed by atoms with E-state index in [1.54, 1.807) is 0 Å². The summed E-state index contributed by atoms with van der Waals surface area (Å²) in [6, 6.07) is 14.1. The Morgan fingerprint density at radius 2 is 1.67 bits per heavy atom. The van der Waals surface area contributed by atoms with Crippen molar-refractivity contribution < 1.29 is 27.5 Å². The summed E-state index contributed by atoms with van der Waals surface area (Å²) in [6.07, 6.45) is -3.22. The Kier molecular flexibility index (Phi) is 6.94. The van der Waals surface area contributed by atoms with E-state index in [0.717, 1.165) is 30.7 Å². The maximum atomic E-state index is 12.5. The van der Waals surface area contributed by atoms with Gasteiger partial charge in [-0.2, -0.15) is 0 Å². The molecule has 1 fully saturated rings. The fourth-order valence-corrected chi connectivity index (χ4v) is 3.32. The summed E-state index contributed by atoms with van der Waals surface area (Å²) >= 11 is 0. The molecule has 1 aliphatic heterocycles. The molecule has 2 aromatic rings. The van der Waals surface area contributed by atoms with Crippen LogP contribution >= 0.6 is 0 Å². The number of hydrogen-bond acceptors (Lipinski definition) is 4. The molecule has 1 unspecified atom stereocenters. The molecule has 0 spiro atoms. The number of likely N-dealkylation sites (tertiary alicyclic amines) is 1. The molecule has 0 aliphatic carbocycles. The number of amides is 2. The lowest BCUT2D eigenvalue weighted by atomic mass is 9.97. The van der Waals surface area contributed by atoms with E-state index >= 15 is 0 Å². The van der Waals surface area contributed by atoms with Crippen molar-refractivity contribution in [3.05, 3.63) is 54.6 Å². The van der Waals surface area contributed by atoms with Gasteiger partial charge in [0.25, 0.3) is 0 Å². The molecule has 1 aliphatic rings. The Balaban J connectivity index is 1.48. The van der Waals surface area contributed by atoms with E-state index in [4.69, 9.17) is 0 Å². The minimum absolute atomic E-state index is 0.0773. The van der Waals surface area contributed by atoms with Crippen molar-refractivity contribution in [1.29, 1.82) is 0 Å². The van der Waals surface area contributed by atoms with Crippen LogP contribution in [-0.2, 0) is 9.59 Å². The predicted octanol–water partition coefficient (Wildman–Crippen LogP) is 3.87. The molecule has 1 atom stereocenters. The number of nitrogens with one attached hydrogen (secondary N) is 2. The van der Waals surface area contributed by atoms with Crippen LogP contribution in [0.4, 0.5) is 24.5 Å². The number of halogens is 3. The number of carbonyl (C=O) groups is 2. The van der Waals surface area contributed by atoms with Crippen LogP contribution in [0.3, 0.4) is 0 Å². The van der Waals surface area contributed by atoms with Crippen molar-refractivity contribution in [2.75, 3.05) is 30.3 Å². The highest BCUT2D eigenvalue weighted by molar-refractivity contribution is 5.93. The highest BCUT2D eigenvalue weighted by Crippen LogP contribution is 2.24. The smallest absolute Gasteiger partial charge is 0.406 e. The van der Waals surface area contributed by atoms with Crippen molar-refractivity contribution in [3.63, 3.8) is 0 Å². The molecule has 2 N–H and O–H groups in total. The van der Waals surface area contributed by atoms with Gasteiger partial charge in [0.15, 0.2) is 0 Å². The lowest BCUT2D eigenvalue weighted by Gasteiger charge is -2.31. The number of benzene rings is 2. The number of piperidine rings is 1. The second-order valence-electron chi connectivity index (χ2n) is 7.05. The van der Waals surface area contributed by atoms with Crippen LogP contribution in [0.15, 0.2) is 54.6 Å². The van der Waals surface area contributed by atoms with Crippen LogP contribution < -0.4 is 15.4 Å². The second kappa shape index (κ2) is 9.62. The van der Waals surface area contributed by atoms with E-state index in [0.29, 0.717) is 18.8 Å². The molecule has 0 saturated carbocycles. The van der Waals surface area contributed by atoms with Gasteiger partial charge in [0.2, 0.25) is 11.8 Å². The number of alkyl halides is 3. The summed E-state index contributed by atoms with van der Waals surface area (Å²) in [4.78, 5) is 26.7. The van der Waals surface area contributed by atoms with E-state index in [1.165, 1.54) is 12.1 Å². The normalized spacial score (nSPS) is 17.2. The fraction of sp³-hybridized carbons (Fsp3) is 0.333. The van der Waals surface area contributed by atoms with Gasteiger partial charge in [0.05, 0.1) is 12.5 Å². The van der Waals surface area contributed by atoms with E-state index in [1.807, 2.05) is 35.2 Å². The van der Waals surface area contributed by atoms with Crippen molar-refractivity contribution in [1.82, 2.24) is 4.90 Å². The minimum Gasteiger partial charge on any atom is -0.406 e. The van der Waals surface area contributed by atoms with Crippen LogP contribution in [0.1, 0.15) is 12.8 Å². The SMILES string of the molecule is O=C(CN1CCCC(C(=O)Nc2ccccc2)C1)Nc1ccc(OC(F)(F)F)cc1. The topological polar surface area (TPSA) is 70.7 Å². The van der Waals surface area contributed by atoms with E-state index < -0.39 is 6.36 Å². The molecular formula is C21H22F3N3O3. The molecule has 160 valence electrons. The number of nitrogens with zero attached hydrogens (tertiary/aromatic N) is 1. The number of rotatable bonds is 6. The molecule has 9 heteroatoms. The number of hydrogen-bond donors (Lipinski definition) is 2. The quantitative estimate of drug-likeness (QED) is 0.743. The maximum absolute atomic E-state index is 12.5. The molecule has 6 nitrogen and oxygen atoms in total. The van der Waals surface area contributed by atoms with Crippen LogP contribution in [-0.4, -0.2) is 42.7 Å². The largest absolute Gasteiger partial charge is 0.573 e. The van der Waals surface area contributed by atoms with Gasteiger partial charge in [-0.1, -0.05) is 18.2 Å². The van der Waals surface area contributed by atoms with E-state index in [2.05, 4.69) is 15.4 Å². The number of anilines is 2. The third-order valence-electron chi connectivity index (χ3n) is 4.66. The Labute approximate surface area is 172 Å². The molecule has 1 heterocycles. The zero-order valence-corrected chi connectivity index (χ0v) is 16.1. The first-order chi connectivity index (χ1) is 14.3. The summed E-state index contributed by atoms with van der Waals surface area (Å²) < 4.78 is 40.4. The van der Waals surface area contributed by atoms with Gasteiger partial charge in [-0.15, -0.1) is 13.2 Å². The molecule has 2 amide bonds. The number of para-hydroxylation sites is 1. The molecular weight excluding hydrogens is 399 g/mol. The van der Waals surface area contributed by atoms with Gasteiger partial charge in [0.1, 0.15) is 5.75 Å². The average molecular weight is 421 g/mol. The van der Waals surface area contributed by atoms with Gasteiger partial charge < -0.3 is 15.4 Å². The molecule has 0 aromatic heterocycles. The first-order valence-electron chi connectivity index (χ1n) is 9.52.